The summed E-state index contributed by atoms with van der Waals surface area (Å²) in [6.45, 7) is 5.48. The second kappa shape index (κ2) is 10.7. The number of sulfone groups is 1. The molecule has 2 atom stereocenters. The van der Waals surface area contributed by atoms with Gasteiger partial charge in [0.15, 0.2) is 9.84 Å². The number of piperidine rings is 1. The van der Waals surface area contributed by atoms with Crippen molar-refractivity contribution in [2.24, 2.45) is 17.8 Å². The first-order valence-corrected chi connectivity index (χ1v) is 14.3. The van der Waals surface area contributed by atoms with E-state index in [9.17, 15) is 12.8 Å². The van der Waals surface area contributed by atoms with E-state index in [1.165, 1.54) is 24.5 Å². The molecule has 11 heteroatoms. The van der Waals surface area contributed by atoms with E-state index >= 15 is 0 Å². The molecule has 0 aliphatic carbocycles. The van der Waals surface area contributed by atoms with Crippen molar-refractivity contribution >= 4 is 15.8 Å². The number of rotatable bonds is 8. The third-order valence-corrected chi connectivity index (χ3v) is 8.12. The molecule has 5 rings (SSSR count). The molecule has 9 nitrogen and oxygen atoms in total. The van der Waals surface area contributed by atoms with Gasteiger partial charge in [-0.1, -0.05) is 19.4 Å². The van der Waals surface area contributed by atoms with Gasteiger partial charge in [-0.15, -0.1) is 0 Å². The summed E-state index contributed by atoms with van der Waals surface area (Å²) in [5.74, 6) is 0.936. The van der Waals surface area contributed by atoms with Crippen LogP contribution in [0.2, 0.25) is 0 Å². The molecule has 0 N–H and O–H groups in total. The van der Waals surface area contributed by atoms with E-state index in [1.54, 1.807) is 0 Å². The molecule has 0 spiro atoms. The lowest BCUT2D eigenvalue weighted by Gasteiger charge is -2.46. The normalized spacial score (nSPS) is 21.6. The fourth-order valence-corrected chi connectivity index (χ4v) is 5.68. The van der Waals surface area contributed by atoms with Crippen molar-refractivity contribution in [3.8, 4) is 17.1 Å². The number of hydrogen-bond acceptors (Lipinski definition) is 9. The molecule has 2 bridgehead atoms. The summed E-state index contributed by atoms with van der Waals surface area (Å²) in [6, 6.07) is 4.01. The van der Waals surface area contributed by atoms with Gasteiger partial charge in [0.2, 0.25) is 5.95 Å². The van der Waals surface area contributed by atoms with Gasteiger partial charge in [-0.05, 0) is 24.1 Å². The van der Waals surface area contributed by atoms with E-state index in [-0.39, 0.29) is 34.2 Å². The Hall–Kier alpha value is -3.18. The quantitative estimate of drug-likeness (QED) is 0.436. The van der Waals surface area contributed by atoms with Crippen molar-refractivity contribution in [1.29, 1.82) is 0 Å². The zero-order valence-electron chi connectivity index (χ0n) is 20.9. The number of aromatic nitrogens is 4. The largest absolute Gasteiger partial charge is 0.463 e. The second-order valence-corrected chi connectivity index (χ2v) is 11.8. The van der Waals surface area contributed by atoms with E-state index in [4.69, 9.17) is 9.47 Å². The minimum absolute atomic E-state index is 0.0738. The van der Waals surface area contributed by atoms with Crippen molar-refractivity contribution in [3.05, 3.63) is 54.4 Å². The highest BCUT2D eigenvalue weighted by molar-refractivity contribution is 7.90. The summed E-state index contributed by atoms with van der Waals surface area (Å²) < 4.78 is 49.6. The van der Waals surface area contributed by atoms with E-state index in [1.807, 2.05) is 12.4 Å². The molecular weight excluding hydrogens is 497 g/mol. The average Bonchev–Trinajstić information content (AvgIpc) is 2.87. The summed E-state index contributed by atoms with van der Waals surface area (Å²) >= 11 is 0. The molecule has 2 saturated heterocycles. The van der Waals surface area contributed by atoms with Crippen LogP contribution in [0.3, 0.4) is 0 Å². The first-order chi connectivity index (χ1) is 17.8. The van der Waals surface area contributed by atoms with E-state index < -0.39 is 15.7 Å². The highest BCUT2D eigenvalue weighted by atomic mass is 32.2. The molecule has 2 unspecified atom stereocenters. The van der Waals surface area contributed by atoms with Crippen LogP contribution in [-0.2, 0) is 21.0 Å². The molecule has 2 fully saturated rings. The van der Waals surface area contributed by atoms with Gasteiger partial charge in [0.1, 0.15) is 5.82 Å². The van der Waals surface area contributed by atoms with Gasteiger partial charge in [0.05, 0.1) is 24.7 Å². The van der Waals surface area contributed by atoms with E-state index in [2.05, 4.69) is 31.8 Å². The Morgan fingerprint density at radius 2 is 1.73 bits per heavy atom. The Bertz CT molecular complexity index is 1320. The topological polar surface area (TPSA) is 107 Å². The van der Waals surface area contributed by atoms with Gasteiger partial charge >= 0.3 is 6.01 Å². The standard InChI is InChI=1S/C26H30FN5O4S/c1-3-4-17-8-28-25(29-9-17)32-12-19-14-35-15-20(13-32)23(19)16-36-26-30-10-18(11-31-26)22-6-5-21(7-24(22)27)37(2,33)34/h5-11,19-20,23H,3-4,12-16H2,1-2H3. The monoisotopic (exact) mass is 527 g/mol. The number of benzene rings is 1. The van der Waals surface area contributed by atoms with Crippen LogP contribution in [-0.4, -0.2) is 67.5 Å². The predicted molar refractivity (Wildman–Crippen MR) is 136 cm³/mol. The van der Waals surface area contributed by atoms with Crippen LogP contribution < -0.4 is 9.64 Å². The summed E-state index contributed by atoms with van der Waals surface area (Å²) in [6.07, 6.45) is 9.88. The summed E-state index contributed by atoms with van der Waals surface area (Å²) in [7, 11) is -3.49. The van der Waals surface area contributed by atoms with Gasteiger partial charge in [-0.25, -0.2) is 32.7 Å². The fraction of sp³-hybridized carbons (Fsp3) is 0.462. The maximum absolute atomic E-state index is 14.5. The molecule has 0 amide bonds. The molecule has 3 aromatic rings. The van der Waals surface area contributed by atoms with Gasteiger partial charge in [-0.3, -0.25) is 0 Å². The van der Waals surface area contributed by atoms with Crippen LogP contribution >= 0.6 is 0 Å². The number of aryl methyl sites for hydroxylation is 1. The first-order valence-electron chi connectivity index (χ1n) is 12.4. The van der Waals surface area contributed by atoms with Gasteiger partial charge < -0.3 is 14.4 Å². The molecule has 0 radical (unpaired) electrons. The van der Waals surface area contributed by atoms with Crippen LogP contribution in [0, 0.1) is 23.6 Å². The lowest BCUT2D eigenvalue weighted by atomic mass is 9.77. The lowest BCUT2D eigenvalue weighted by Crippen LogP contribution is -2.54. The molecule has 37 heavy (non-hydrogen) atoms. The van der Waals surface area contributed by atoms with Gasteiger partial charge in [-0.2, -0.15) is 0 Å². The summed E-state index contributed by atoms with van der Waals surface area (Å²) in [5.41, 5.74) is 1.81. The Labute approximate surface area is 216 Å². The van der Waals surface area contributed by atoms with Crippen molar-refractivity contribution in [1.82, 2.24) is 19.9 Å². The van der Waals surface area contributed by atoms with Crippen LogP contribution in [0.5, 0.6) is 6.01 Å². The van der Waals surface area contributed by atoms with Crippen molar-refractivity contribution in [3.63, 3.8) is 0 Å². The number of ether oxygens (including phenoxy) is 2. The zero-order valence-corrected chi connectivity index (χ0v) is 21.7. The third kappa shape index (κ3) is 5.72. The van der Waals surface area contributed by atoms with Crippen LogP contribution in [0.1, 0.15) is 18.9 Å². The number of hydrogen-bond donors (Lipinski definition) is 0. The van der Waals surface area contributed by atoms with Crippen molar-refractivity contribution < 1.29 is 22.3 Å². The van der Waals surface area contributed by atoms with Crippen LogP contribution in [0.4, 0.5) is 10.3 Å². The smallest absolute Gasteiger partial charge is 0.316 e. The third-order valence-electron chi connectivity index (χ3n) is 7.01. The summed E-state index contributed by atoms with van der Waals surface area (Å²) in [4.78, 5) is 19.8. The minimum Gasteiger partial charge on any atom is -0.463 e. The van der Waals surface area contributed by atoms with Crippen LogP contribution in [0.25, 0.3) is 11.1 Å². The lowest BCUT2D eigenvalue weighted by molar-refractivity contribution is -0.0537. The first kappa shape index (κ1) is 25.5. The molecule has 196 valence electrons. The highest BCUT2D eigenvalue weighted by Crippen LogP contribution is 2.35. The fourth-order valence-electron chi connectivity index (χ4n) is 5.05. The Morgan fingerprint density at radius 1 is 1.05 bits per heavy atom. The zero-order chi connectivity index (χ0) is 26.0. The Kier molecular flexibility index (Phi) is 7.34. The molecule has 4 heterocycles. The number of nitrogens with zero attached hydrogens (tertiary/aromatic N) is 5. The Morgan fingerprint density at radius 3 is 2.32 bits per heavy atom. The molecule has 1 aromatic carbocycles. The van der Waals surface area contributed by atoms with E-state index in [0.29, 0.717) is 25.4 Å². The van der Waals surface area contributed by atoms with E-state index in [0.717, 1.165) is 49.8 Å². The number of halogens is 1. The number of fused-ring (bicyclic) bond motifs is 2. The molecule has 2 aliphatic rings. The predicted octanol–water partition coefficient (Wildman–Crippen LogP) is 3.21. The maximum atomic E-state index is 14.5. The molecule has 2 aliphatic heterocycles. The molecular formula is C26H30FN5O4S. The highest BCUT2D eigenvalue weighted by Gasteiger charge is 2.41. The number of anilines is 1. The van der Waals surface area contributed by atoms with Crippen molar-refractivity contribution in [2.75, 3.05) is 44.1 Å². The van der Waals surface area contributed by atoms with Gasteiger partial charge in [0.25, 0.3) is 0 Å². The minimum atomic E-state index is -3.49. The SMILES string of the molecule is CCCc1cnc(N2CC3COCC(C2)C3COc2ncc(-c3ccc(S(C)(=O)=O)cc3F)cn2)nc1. The Balaban J connectivity index is 1.22. The molecule has 0 saturated carbocycles. The van der Waals surface area contributed by atoms with Gasteiger partial charge in [0, 0.05) is 73.0 Å². The maximum Gasteiger partial charge on any atom is 0.316 e. The second-order valence-electron chi connectivity index (χ2n) is 9.75. The average molecular weight is 528 g/mol. The summed E-state index contributed by atoms with van der Waals surface area (Å²) in [5, 5.41) is 0. The van der Waals surface area contributed by atoms with Crippen LogP contribution in [0.15, 0.2) is 47.9 Å². The molecule has 2 aromatic heterocycles. The van der Waals surface area contributed by atoms with Crippen molar-refractivity contribution in [2.45, 2.75) is 24.7 Å².